The average Bonchev–Trinajstić information content (AvgIpc) is 2.72. The monoisotopic (exact) mass is 214 g/mol. The highest BCUT2D eigenvalue weighted by molar-refractivity contribution is 6.24. The topological polar surface area (TPSA) is 26.3 Å². The molecule has 1 fully saturated rings. The molecule has 1 aromatic carbocycles. The van der Waals surface area contributed by atoms with Crippen LogP contribution < -0.4 is 0 Å². The van der Waals surface area contributed by atoms with Crippen LogP contribution in [0.1, 0.15) is 18.9 Å². The van der Waals surface area contributed by atoms with Gasteiger partial charge in [-0.3, -0.25) is 4.79 Å². The highest BCUT2D eigenvalue weighted by Gasteiger charge is 2.45. The minimum atomic E-state index is -0.0394. The van der Waals surface area contributed by atoms with Crippen molar-refractivity contribution in [2.24, 2.45) is 5.41 Å². The minimum absolute atomic E-state index is 0.0394. The van der Waals surface area contributed by atoms with Crippen LogP contribution in [0.4, 0.5) is 0 Å². The smallest absolute Gasteiger partial charge is 0.164 e. The van der Waals surface area contributed by atoms with Gasteiger partial charge in [0.15, 0.2) is 5.78 Å². The second kappa shape index (κ2) is 3.29. The minimum Gasteiger partial charge on any atom is -0.376 e. The van der Waals surface area contributed by atoms with Gasteiger partial charge in [0.25, 0.3) is 0 Å². The van der Waals surface area contributed by atoms with Crippen molar-refractivity contribution in [1.29, 1.82) is 0 Å². The van der Waals surface area contributed by atoms with Crippen molar-refractivity contribution in [1.82, 2.24) is 0 Å². The van der Waals surface area contributed by atoms with Crippen molar-refractivity contribution in [3.63, 3.8) is 0 Å². The van der Waals surface area contributed by atoms with E-state index in [0.717, 1.165) is 11.1 Å². The van der Waals surface area contributed by atoms with E-state index in [1.165, 1.54) is 5.57 Å². The number of carbonyl (C=O) groups excluding carboxylic acids is 1. The number of allylic oxidation sites excluding steroid dienone is 1. The van der Waals surface area contributed by atoms with Crippen molar-refractivity contribution in [3.05, 3.63) is 41.5 Å². The molecule has 3 rings (SSSR count). The molecule has 0 saturated carbocycles. The predicted octanol–water partition coefficient (Wildman–Crippen LogP) is 2.45. The van der Waals surface area contributed by atoms with Gasteiger partial charge in [-0.25, -0.2) is 0 Å². The van der Waals surface area contributed by atoms with E-state index in [4.69, 9.17) is 4.74 Å². The summed E-state index contributed by atoms with van der Waals surface area (Å²) in [5.41, 5.74) is 3.10. The Morgan fingerprint density at radius 1 is 1.25 bits per heavy atom. The Bertz CT molecular complexity index is 473. The number of rotatable bonds is 1. The third kappa shape index (κ3) is 1.26. The number of carbonyl (C=O) groups is 1. The van der Waals surface area contributed by atoms with E-state index in [9.17, 15) is 4.79 Å². The van der Waals surface area contributed by atoms with Gasteiger partial charge in [0.05, 0.1) is 13.2 Å². The first kappa shape index (κ1) is 9.79. The molecular weight excluding hydrogens is 200 g/mol. The Hall–Kier alpha value is -1.41. The van der Waals surface area contributed by atoms with Gasteiger partial charge in [-0.1, -0.05) is 37.3 Å². The Kier molecular flexibility index (Phi) is 2.01. The molecule has 0 spiro atoms. The van der Waals surface area contributed by atoms with Crippen molar-refractivity contribution in [2.75, 3.05) is 13.2 Å². The molecule has 2 aliphatic rings. The van der Waals surface area contributed by atoms with Crippen LogP contribution in [-0.2, 0) is 9.53 Å². The molecule has 1 aliphatic heterocycles. The quantitative estimate of drug-likeness (QED) is 0.717. The molecule has 1 atom stereocenters. The van der Waals surface area contributed by atoms with Gasteiger partial charge in [-0.15, -0.1) is 0 Å². The molecule has 0 amide bonds. The summed E-state index contributed by atoms with van der Waals surface area (Å²) in [5.74, 6) is 0.270. The Morgan fingerprint density at radius 2 is 2.00 bits per heavy atom. The maximum Gasteiger partial charge on any atom is 0.164 e. The fraction of sp³-hybridized carbons (Fsp3) is 0.357. The fourth-order valence-electron chi connectivity index (χ4n) is 2.72. The number of benzene rings is 1. The van der Waals surface area contributed by atoms with E-state index < -0.39 is 0 Å². The summed E-state index contributed by atoms with van der Waals surface area (Å²) in [6.45, 7) is 3.43. The zero-order chi connectivity index (χ0) is 11.2. The first-order chi connectivity index (χ1) is 7.71. The van der Waals surface area contributed by atoms with Crippen LogP contribution in [-0.4, -0.2) is 19.0 Å². The van der Waals surface area contributed by atoms with Gasteiger partial charge >= 0.3 is 0 Å². The van der Waals surface area contributed by atoms with Gasteiger partial charge in [-0.05, 0) is 11.1 Å². The fourth-order valence-corrected chi connectivity index (χ4v) is 2.72. The van der Waals surface area contributed by atoms with Crippen LogP contribution in [0, 0.1) is 5.41 Å². The molecule has 0 N–H and O–H groups in total. The maximum absolute atomic E-state index is 12.1. The van der Waals surface area contributed by atoms with Crippen molar-refractivity contribution >= 4 is 11.4 Å². The number of hydrogen-bond acceptors (Lipinski definition) is 2. The molecule has 2 nitrogen and oxygen atoms in total. The zero-order valence-corrected chi connectivity index (χ0v) is 9.32. The van der Waals surface area contributed by atoms with Crippen molar-refractivity contribution in [2.45, 2.75) is 13.3 Å². The summed E-state index contributed by atoms with van der Waals surface area (Å²) in [4.78, 5) is 12.1. The third-order valence-corrected chi connectivity index (χ3v) is 3.59. The third-order valence-electron chi connectivity index (χ3n) is 3.59. The summed E-state index contributed by atoms with van der Waals surface area (Å²) in [7, 11) is 0. The lowest BCUT2D eigenvalue weighted by Gasteiger charge is -2.15. The molecule has 16 heavy (non-hydrogen) atoms. The predicted molar refractivity (Wildman–Crippen MR) is 61.9 cm³/mol. The standard InChI is InChI=1S/C14H14O2/c1-14-7-12(15)13(11(14)8-16-9-14)10-5-3-2-4-6-10/h2-6H,7-9H2,1H3. The Labute approximate surface area is 94.9 Å². The molecule has 2 heteroatoms. The van der Waals surface area contributed by atoms with Crippen molar-refractivity contribution < 1.29 is 9.53 Å². The molecule has 1 heterocycles. The second-order valence-corrected chi connectivity index (χ2v) is 4.87. The highest BCUT2D eigenvalue weighted by atomic mass is 16.5. The van der Waals surface area contributed by atoms with Crippen LogP contribution in [0.5, 0.6) is 0 Å². The summed E-state index contributed by atoms with van der Waals surface area (Å²) in [6.07, 6.45) is 0.604. The molecule has 0 radical (unpaired) electrons. The maximum atomic E-state index is 12.1. The molecule has 1 unspecified atom stereocenters. The van der Waals surface area contributed by atoms with Crippen LogP contribution in [0.2, 0.25) is 0 Å². The van der Waals surface area contributed by atoms with E-state index in [1.807, 2.05) is 30.3 Å². The molecule has 82 valence electrons. The van der Waals surface area contributed by atoms with E-state index in [0.29, 0.717) is 19.6 Å². The van der Waals surface area contributed by atoms with Gasteiger partial charge < -0.3 is 4.74 Å². The lowest BCUT2D eigenvalue weighted by atomic mass is 9.86. The SMILES string of the molecule is CC12COCC1=C(c1ccccc1)C(=O)C2. The lowest BCUT2D eigenvalue weighted by molar-refractivity contribution is -0.114. The molecule has 1 aliphatic carbocycles. The van der Waals surface area contributed by atoms with E-state index in [1.54, 1.807) is 0 Å². The number of ketones is 1. The highest BCUT2D eigenvalue weighted by Crippen LogP contribution is 2.47. The largest absolute Gasteiger partial charge is 0.376 e. The first-order valence-electron chi connectivity index (χ1n) is 5.61. The number of fused-ring (bicyclic) bond motifs is 1. The van der Waals surface area contributed by atoms with E-state index >= 15 is 0 Å². The molecule has 0 aromatic heterocycles. The van der Waals surface area contributed by atoms with Crippen LogP contribution in [0.15, 0.2) is 35.9 Å². The molecule has 1 saturated heterocycles. The van der Waals surface area contributed by atoms with Gasteiger partial charge in [0, 0.05) is 17.4 Å². The Balaban J connectivity index is 2.16. The number of Topliss-reactive ketones (excluding diaryl/α,β-unsaturated/α-hetero) is 1. The normalized spacial score (nSPS) is 28.7. The van der Waals surface area contributed by atoms with Gasteiger partial charge in [0.2, 0.25) is 0 Å². The van der Waals surface area contributed by atoms with E-state index in [2.05, 4.69) is 6.92 Å². The van der Waals surface area contributed by atoms with Crippen LogP contribution in [0.3, 0.4) is 0 Å². The zero-order valence-electron chi connectivity index (χ0n) is 9.32. The van der Waals surface area contributed by atoms with Crippen molar-refractivity contribution in [3.8, 4) is 0 Å². The van der Waals surface area contributed by atoms with Crippen LogP contribution in [0.25, 0.3) is 5.57 Å². The second-order valence-electron chi connectivity index (χ2n) is 4.87. The first-order valence-corrected chi connectivity index (χ1v) is 5.61. The van der Waals surface area contributed by atoms with Gasteiger partial charge in [-0.2, -0.15) is 0 Å². The Morgan fingerprint density at radius 3 is 2.75 bits per heavy atom. The number of hydrogen-bond donors (Lipinski definition) is 0. The lowest BCUT2D eigenvalue weighted by Crippen LogP contribution is -2.15. The average molecular weight is 214 g/mol. The summed E-state index contributed by atoms with van der Waals surface area (Å²) in [6, 6.07) is 9.93. The number of ether oxygens (including phenoxy) is 1. The molecule has 1 aromatic rings. The molecule has 0 bridgehead atoms. The van der Waals surface area contributed by atoms with Gasteiger partial charge in [0.1, 0.15) is 0 Å². The molecular formula is C14H14O2. The van der Waals surface area contributed by atoms with Crippen LogP contribution >= 0.6 is 0 Å². The summed E-state index contributed by atoms with van der Waals surface area (Å²) in [5, 5.41) is 0. The van der Waals surface area contributed by atoms with E-state index in [-0.39, 0.29) is 11.2 Å². The summed E-state index contributed by atoms with van der Waals surface area (Å²) < 4.78 is 5.50. The summed E-state index contributed by atoms with van der Waals surface area (Å²) >= 11 is 0.